The van der Waals surface area contributed by atoms with Crippen LogP contribution in [0.15, 0.2) is 36.7 Å². The predicted molar refractivity (Wildman–Crippen MR) is 96.8 cm³/mol. The Morgan fingerprint density at radius 1 is 1.04 bits per heavy atom. The lowest BCUT2D eigenvalue weighted by atomic mass is 10.1. The summed E-state index contributed by atoms with van der Waals surface area (Å²) in [5, 5.41) is 0. The molecule has 0 saturated carbocycles. The number of benzene rings is 1. The molecule has 126 valence electrons. The topological polar surface area (TPSA) is 50.8 Å². The molecule has 0 aliphatic rings. The van der Waals surface area contributed by atoms with Crippen molar-refractivity contribution >= 4 is 11.2 Å². The molecule has 0 aliphatic carbocycles. The molecule has 3 rings (SSSR count). The fourth-order valence-corrected chi connectivity index (χ4v) is 2.78. The van der Waals surface area contributed by atoms with Crippen LogP contribution in [0, 0.1) is 0 Å². The zero-order valence-electron chi connectivity index (χ0n) is 14.8. The van der Waals surface area contributed by atoms with Crippen molar-refractivity contribution in [2.45, 2.75) is 19.9 Å². The number of aromatic amines is 1. The summed E-state index contributed by atoms with van der Waals surface area (Å²) >= 11 is 0. The van der Waals surface area contributed by atoms with Crippen molar-refractivity contribution in [3.05, 3.63) is 42.2 Å². The van der Waals surface area contributed by atoms with Crippen molar-refractivity contribution < 1.29 is 9.22 Å². The van der Waals surface area contributed by atoms with Crippen LogP contribution in [0.25, 0.3) is 22.4 Å². The Morgan fingerprint density at radius 2 is 1.75 bits per heavy atom. The van der Waals surface area contributed by atoms with Crippen LogP contribution in [0.2, 0.25) is 0 Å². The summed E-state index contributed by atoms with van der Waals surface area (Å²) in [7, 11) is 6.54. The summed E-state index contributed by atoms with van der Waals surface area (Å²) in [6.07, 6.45) is 4.48. The van der Waals surface area contributed by atoms with Crippen LogP contribution in [0.1, 0.15) is 18.9 Å². The molecule has 0 bridgehead atoms. The van der Waals surface area contributed by atoms with Gasteiger partial charge in [0.05, 0.1) is 39.0 Å². The lowest BCUT2D eigenvalue weighted by Crippen LogP contribution is -2.33. The van der Waals surface area contributed by atoms with E-state index in [0.717, 1.165) is 52.2 Å². The fourth-order valence-electron chi connectivity index (χ4n) is 2.78. The number of aromatic nitrogens is 3. The SMILES string of the molecule is CCCOc1ccc(-c2[nH]c3nccnc3c2C[N+](C)(C)C)cc1. The molecule has 5 nitrogen and oxygen atoms in total. The van der Waals surface area contributed by atoms with Gasteiger partial charge in [-0.3, -0.25) is 4.98 Å². The normalized spacial score (nSPS) is 11.8. The van der Waals surface area contributed by atoms with E-state index in [0.29, 0.717) is 0 Å². The average molecular weight is 325 g/mol. The maximum Gasteiger partial charge on any atom is 0.157 e. The van der Waals surface area contributed by atoms with Gasteiger partial charge in [0.15, 0.2) is 5.65 Å². The number of hydrogen-bond donors (Lipinski definition) is 1. The molecule has 24 heavy (non-hydrogen) atoms. The molecule has 0 radical (unpaired) electrons. The summed E-state index contributed by atoms with van der Waals surface area (Å²) in [4.78, 5) is 12.4. The third-order valence-corrected chi connectivity index (χ3v) is 3.78. The van der Waals surface area contributed by atoms with Crippen molar-refractivity contribution in [2.75, 3.05) is 27.7 Å². The highest BCUT2D eigenvalue weighted by atomic mass is 16.5. The van der Waals surface area contributed by atoms with Gasteiger partial charge in [0.2, 0.25) is 0 Å². The molecule has 0 unspecified atom stereocenters. The van der Waals surface area contributed by atoms with E-state index < -0.39 is 0 Å². The molecular formula is C19H25N4O+. The maximum absolute atomic E-state index is 5.68. The molecule has 0 spiro atoms. The second kappa shape index (κ2) is 6.61. The van der Waals surface area contributed by atoms with Gasteiger partial charge in [-0.1, -0.05) is 6.92 Å². The molecule has 0 aliphatic heterocycles. The molecular weight excluding hydrogens is 300 g/mol. The first kappa shape index (κ1) is 16.5. The molecule has 0 fully saturated rings. The van der Waals surface area contributed by atoms with E-state index in [4.69, 9.17) is 4.74 Å². The lowest BCUT2D eigenvalue weighted by molar-refractivity contribution is -0.883. The predicted octanol–water partition coefficient (Wildman–Crippen LogP) is 3.62. The van der Waals surface area contributed by atoms with Crippen LogP contribution in [0.5, 0.6) is 5.75 Å². The van der Waals surface area contributed by atoms with Gasteiger partial charge in [0.1, 0.15) is 17.8 Å². The second-order valence-electron chi connectivity index (χ2n) is 7.05. The smallest absolute Gasteiger partial charge is 0.157 e. The van der Waals surface area contributed by atoms with Gasteiger partial charge in [-0.2, -0.15) is 0 Å². The summed E-state index contributed by atoms with van der Waals surface area (Å²) in [6, 6.07) is 8.23. The first-order valence-electron chi connectivity index (χ1n) is 8.33. The van der Waals surface area contributed by atoms with Crippen LogP contribution in [0.3, 0.4) is 0 Å². The van der Waals surface area contributed by atoms with Crippen LogP contribution in [0.4, 0.5) is 0 Å². The van der Waals surface area contributed by atoms with Gasteiger partial charge in [-0.15, -0.1) is 0 Å². The van der Waals surface area contributed by atoms with Crippen LogP contribution in [-0.2, 0) is 6.54 Å². The molecule has 2 aromatic heterocycles. The van der Waals surface area contributed by atoms with Gasteiger partial charge in [-0.05, 0) is 36.2 Å². The van der Waals surface area contributed by atoms with Crippen LogP contribution >= 0.6 is 0 Å². The quantitative estimate of drug-likeness (QED) is 0.704. The molecule has 0 amide bonds. The highest BCUT2D eigenvalue weighted by Crippen LogP contribution is 2.31. The van der Waals surface area contributed by atoms with Gasteiger partial charge in [0.25, 0.3) is 0 Å². The number of hydrogen-bond acceptors (Lipinski definition) is 3. The van der Waals surface area contributed by atoms with Gasteiger partial charge in [0, 0.05) is 12.4 Å². The molecule has 0 saturated heterocycles. The van der Waals surface area contributed by atoms with Crippen LogP contribution < -0.4 is 4.74 Å². The van der Waals surface area contributed by atoms with Gasteiger partial charge >= 0.3 is 0 Å². The van der Waals surface area contributed by atoms with Crippen molar-refractivity contribution in [1.82, 2.24) is 15.0 Å². The average Bonchev–Trinajstić information content (AvgIpc) is 2.90. The summed E-state index contributed by atoms with van der Waals surface area (Å²) in [6.45, 7) is 3.73. The number of ether oxygens (including phenoxy) is 1. The Morgan fingerprint density at radius 3 is 2.42 bits per heavy atom. The minimum Gasteiger partial charge on any atom is -0.494 e. The fraction of sp³-hybridized carbons (Fsp3) is 0.368. The molecule has 0 atom stereocenters. The monoisotopic (exact) mass is 325 g/mol. The summed E-state index contributed by atoms with van der Waals surface area (Å²) in [5.74, 6) is 0.904. The van der Waals surface area contributed by atoms with E-state index in [2.05, 4.69) is 55.2 Å². The first-order chi connectivity index (χ1) is 11.5. The Bertz CT molecular complexity index is 815. The number of fused-ring (bicyclic) bond motifs is 1. The Hall–Kier alpha value is -2.40. The third-order valence-electron chi connectivity index (χ3n) is 3.78. The number of rotatable bonds is 6. The standard InChI is InChI=1S/C19H25N4O/c1-5-12-24-15-8-6-14(7-9-15)17-16(13-23(2,3)4)18-19(22-17)21-11-10-20-18/h6-11H,5,12-13H2,1-4H3,(H,21,22)/q+1. The second-order valence-corrected chi connectivity index (χ2v) is 7.05. The third kappa shape index (κ3) is 3.57. The number of nitrogens with one attached hydrogen (secondary N) is 1. The summed E-state index contributed by atoms with van der Waals surface area (Å²) < 4.78 is 6.51. The van der Waals surface area contributed by atoms with Crippen molar-refractivity contribution in [3.63, 3.8) is 0 Å². The molecule has 1 aromatic carbocycles. The van der Waals surface area contributed by atoms with Gasteiger partial charge in [-0.25, -0.2) is 4.98 Å². The minimum absolute atomic E-state index is 0.742. The Balaban J connectivity index is 2.03. The molecule has 3 aromatic rings. The largest absolute Gasteiger partial charge is 0.494 e. The van der Waals surface area contributed by atoms with Crippen molar-refractivity contribution in [1.29, 1.82) is 0 Å². The highest BCUT2D eigenvalue weighted by molar-refractivity contribution is 5.85. The number of quaternary nitrogens is 1. The van der Waals surface area contributed by atoms with E-state index in [1.165, 1.54) is 5.56 Å². The zero-order valence-corrected chi connectivity index (χ0v) is 14.8. The van der Waals surface area contributed by atoms with Crippen molar-refractivity contribution in [3.8, 4) is 17.0 Å². The lowest BCUT2D eigenvalue weighted by Gasteiger charge is -2.24. The number of nitrogens with zero attached hydrogens (tertiary/aromatic N) is 3. The van der Waals surface area contributed by atoms with Gasteiger partial charge < -0.3 is 14.2 Å². The zero-order chi connectivity index (χ0) is 17.2. The van der Waals surface area contributed by atoms with E-state index in [-0.39, 0.29) is 0 Å². The Labute approximate surface area is 142 Å². The maximum atomic E-state index is 5.68. The van der Waals surface area contributed by atoms with Crippen molar-refractivity contribution in [2.24, 2.45) is 0 Å². The molecule has 2 heterocycles. The molecule has 1 N–H and O–H groups in total. The first-order valence-corrected chi connectivity index (χ1v) is 8.33. The van der Waals surface area contributed by atoms with Crippen LogP contribution in [-0.4, -0.2) is 47.2 Å². The van der Waals surface area contributed by atoms with E-state index >= 15 is 0 Å². The number of H-pyrrole nitrogens is 1. The molecule has 5 heteroatoms. The Kier molecular flexibility index (Phi) is 4.53. The van der Waals surface area contributed by atoms with E-state index in [1.807, 2.05) is 12.1 Å². The minimum atomic E-state index is 0.742. The highest BCUT2D eigenvalue weighted by Gasteiger charge is 2.20. The summed E-state index contributed by atoms with van der Waals surface area (Å²) in [5.41, 5.74) is 5.20. The van der Waals surface area contributed by atoms with E-state index in [1.54, 1.807) is 12.4 Å². The van der Waals surface area contributed by atoms with E-state index in [9.17, 15) is 0 Å².